The summed E-state index contributed by atoms with van der Waals surface area (Å²) < 4.78 is 0. The first-order chi connectivity index (χ1) is 5.24. The van der Waals surface area contributed by atoms with E-state index in [1.54, 1.807) is 12.4 Å². The number of hydrogen-bond acceptors (Lipinski definition) is 2. The van der Waals surface area contributed by atoms with Crippen LogP contribution in [-0.2, 0) is 0 Å². The first-order valence-corrected chi connectivity index (χ1v) is 3.46. The molecular weight excluding hydrogens is 138 g/mol. The van der Waals surface area contributed by atoms with Gasteiger partial charge in [-0.15, -0.1) is 6.58 Å². The smallest absolute Gasteiger partial charge is 0.0984 e. The Balaban J connectivity index is 2.95. The Morgan fingerprint density at radius 1 is 1.64 bits per heavy atom. The molecule has 1 heterocycles. The van der Waals surface area contributed by atoms with Crippen molar-refractivity contribution in [2.45, 2.75) is 13.0 Å². The number of aryl methyl sites for hydroxylation is 1. The zero-order valence-corrected chi connectivity index (χ0v) is 6.49. The number of rotatable bonds is 2. The van der Waals surface area contributed by atoms with Crippen LogP contribution in [0.25, 0.3) is 0 Å². The van der Waals surface area contributed by atoms with Crippen LogP contribution in [-0.4, -0.2) is 10.1 Å². The minimum absolute atomic E-state index is 0.595. The van der Waals surface area contributed by atoms with E-state index in [2.05, 4.69) is 11.6 Å². The van der Waals surface area contributed by atoms with Crippen molar-refractivity contribution in [3.8, 4) is 0 Å². The van der Waals surface area contributed by atoms with Crippen LogP contribution in [0.1, 0.15) is 17.2 Å². The third-order valence-electron chi connectivity index (χ3n) is 1.46. The predicted octanol–water partition coefficient (Wildman–Crippen LogP) is 1.61. The molecule has 0 aromatic carbocycles. The maximum atomic E-state index is 9.30. The highest BCUT2D eigenvalue weighted by atomic mass is 16.3. The molecule has 1 aromatic rings. The fraction of sp³-hybridized carbons (Fsp3) is 0.222. The zero-order valence-electron chi connectivity index (χ0n) is 6.49. The molecule has 1 aromatic heterocycles. The third kappa shape index (κ3) is 1.88. The van der Waals surface area contributed by atoms with E-state index in [0.717, 1.165) is 11.1 Å². The first kappa shape index (κ1) is 7.95. The monoisotopic (exact) mass is 149 g/mol. The summed E-state index contributed by atoms with van der Waals surface area (Å²) in [5.41, 5.74) is 1.84. The van der Waals surface area contributed by atoms with E-state index >= 15 is 0 Å². The molecule has 0 spiro atoms. The van der Waals surface area contributed by atoms with Crippen LogP contribution in [0.2, 0.25) is 0 Å². The average molecular weight is 149 g/mol. The van der Waals surface area contributed by atoms with Gasteiger partial charge in [0.1, 0.15) is 0 Å². The Morgan fingerprint density at radius 2 is 2.36 bits per heavy atom. The number of aliphatic hydroxyl groups excluding tert-OH is 1. The maximum Gasteiger partial charge on any atom is 0.0984 e. The van der Waals surface area contributed by atoms with Crippen molar-refractivity contribution >= 4 is 0 Å². The van der Waals surface area contributed by atoms with Crippen LogP contribution in [0.15, 0.2) is 31.1 Å². The lowest BCUT2D eigenvalue weighted by Gasteiger charge is -2.04. The highest BCUT2D eigenvalue weighted by molar-refractivity contribution is 5.21. The van der Waals surface area contributed by atoms with E-state index in [0.29, 0.717) is 0 Å². The van der Waals surface area contributed by atoms with Gasteiger partial charge in [-0.25, -0.2) is 0 Å². The van der Waals surface area contributed by atoms with E-state index < -0.39 is 6.10 Å². The molecule has 0 aliphatic carbocycles. The highest BCUT2D eigenvalue weighted by Gasteiger charge is 2.01. The van der Waals surface area contributed by atoms with E-state index in [1.165, 1.54) is 6.08 Å². The molecule has 1 N–H and O–H groups in total. The van der Waals surface area contributed by atoms with Gasteiger partial charge in [-0.2, -0.15) is 0 Å². The molecule has 2 heteroatoms. The Bertz CT molecular complexity index is 257. The second-order valence-corrected chi connectivity index (χ2v) is 2.48. The van der Waals surface area contributed by atoms with Crippen molar-refractivity contribution in [3.05, 3.63) is 42.2 Å². The largest absolute Gasteiger partial charge is 0.384 e. The Kier molecular flexibility index (Phi) is 2.39. The van der Waals surface area contributed by atoms with Crippen LogP contribution < -0.4 is 0 Å². The summed E-state index contributed by atoms with van der Waals surface area (Å²) in [4.78, 5) is 3.95. The van der Waals surface area contributed by atoms with Gasteiger partial charge in [0.25, 0.3) is 0 Å². The van der Waals surface area contributed by atoms with Crippen LogP contribution in [0, 0.1) is 6.92 Å². The fourth-order valence-electron chi connectivity index (χ4n) is 0.876. The van der Waals surface area contributed by atoms with Crippen LogP contribution in [0.3, 0.4) is 0 Å². The second-order valence-electron chi connectivity index (χ2n) is 2.48. The quantitative estimate of drug-likeness (QED) is 0.648. The molecule has 11 heavy (non-hydrogen) atoms. The summed E-state index contributed by atoms with van der Waals surface area (Å²) in [6.07, 6.45) is 4.28. The van der Waals surface area contributed by atoms with E-state index in [1.807, 2.05) is 13.0 Å². The van der Waals surface area contributed by atoms with Gasteiger partial charge >= 0.3 is 0 Å². The van der Waals surface area contributed by atoms with Crippen molar-refractivity contribution in [1.29, 1.82) is 0 Å². The molecule has 0 fully saturated rings. The van der Waals surface area contributed by atoms with E-state index in [9.17, 15) is 5.11 Å². The average Bonchev–Trinajstić information content (AvgIpc) is 2.03. The first-order valence-electron chi connectivity index (χ1n) is 3.46. The van der Waals surface area contributed by atoms with Gasteiger partial charge in [0.15, 0.2) is 0 Å². The number of hydrogen-bond donors (Lipinski definition) is 1. The second kappa shape index (κ2) is 3.30. The molecular formula is C9H11NO. The summed E-state index contributed by atoms with van der Waals surface area (Å²) >= 11 is 0. The van der Waals surface area contributed by atoms with Crippen molar-refractivity contribution in [2.24, 2.45) is 0 Å². The highest BCUT2D eigenvalue weighted by Crippen LogP contribution is 2.12. The van der Waals surface area contributed by atoms with Crippen LogP contribution in [0.4, 0.5) is 0 Å². The normalized spacial score (nSPS) is 12.5. The topological polar surface area (TPSA) is 33.1 Å². The van der Waals surface area contributed by atoms with Crippen molar-refractivity contribution in [3.63, 3.8) is 0 Å². The molecule has 0 bridgehead atoms. The number of pyridine rings is 1. The lowest BCUT2D eigenvalue weighted by molar-refractivity contribution is 0.228. The third-order valence-corrected chi connectivity index (χ3v) is 1.46. The molecule has 1 rings (SSSR count). The molecule has 2 nitrogen and oxygen atoms in total. The zero-order chi connectivity index (χ0) is 8.27. The maximum absolute atomic E-state index is 9.30. The van der Waals surface area contributed by atoms with Crippen LogP contribution >= 0.6 is 0 Å². The number of aliphatic hydroxyl groups is 1. The Labute approximate surface area is 66.2 Å². The van der Waals surface area contributed by atoms with Gasteiger partial charge in [0.05, 0.1) is 6.10 Å². The molecule has 0 amide bonds. The van der Waals surface area contributed by atoms with Gasteiger partial charge in [-0.3, -0.25) is 4.98 Å². The van der Waals surface area contributed by atoms with E-state index in [4.69, 9.17) is 0 Å². The fourth-order valence-corrected chi connectivity index (χ4v) is 0.876. The molecule has 0 saturated heterocycles. The number of aromatic nitrogens is 1. The molecule has 58 valence electrons. The molecule has 0 radical (unpaired) electrons. The molecule has 1 atom stereocenters. The molecule has 0 aliphatic heterocycles. The standard InChI is InChI=1S/C9H11NO/c1-3-9(11)8-4-7(2)5-10-6-8/h3-6,9,11H,1H2,2H3. The summed E-state index contributed by atoms with van der Waals surface area (Å²) in [5, 5.41) is 9.30. The summed E-state index contributed by atoms with van der Waals surface area (Å²) in [5.74, 6) is 0. The van der Waals surface area contributed by atoms with Crippen molar-refractivity contribution < 1.29 is 5.11 Å². The molecule has 0 aliphatic rings. The lowest BCUT2D eigenvalue weighted by atomic mass is 10.1. The van der Waals surface area contributed by atoms with Crippen LogP contribution in [0.5, 0.6) is 0 Å². The molecule has 0 saturated carbocycles. The van der Waals surface area contributed by atoms with Crippen molar-refractivity contribution in [2.75, 3.05) is 0 Å². The molecule has 1 unspecified atom stereocenters. The lowest BCUT2D eigenvalue weighted by Crippen LogP contribution is -1.93. The van der Waals surface area contributed by atoms with Gasteiger partial charge in [-0.1, -0.05) is 12.1 Å². The summed E-state index contributed by atoms with van der Waals surface area (Å²) in [7, 11) is 0. The Hall–Kier alpha value is -1.15. The van der Waals surface area contributed by atoms with E-state index in [-0.39, 0.29) is 0 Å². The summed E-state index contributed by atoms with van der Waals surface area (Å²) in [6, 6.07) is 1.89. The Morgan fingerprint density at radius 3 is 2.91 bits per heavy atom. The minimum Gasteiger partial charge on any atom is -0.384 e. The van der Waals surface area contributed by atoms with Gasteiger partial charge in [0.2, 0.25) is 0 Å². The SMILES string of the molecule is C=CC(O)c1cncc(C)c1. The number of nitrogens with zero attached hydrogens (tertiary/aromatic N) is 1. The van der Waals surface area contributed by atoms with Crippen molar-refractivity contribution in [1.82, 2.24) is 4.98 Å². The minimum atomic E-state index is -0.595. The van der Waals surface area contributed by atoms with Gasteiger partial charge < -0.3 is 5.11 Å². The van der Waals surface area contributed by atoms with Gasteiger partial charge in [0, 0.05) is 18.0 Å². The van der Waals surface area contributed by atoms with Gasteiger partial charge in [-0.05, 0) is 12.5 Å². The summed E-state index contributed by atoms with van der Waals surface area (Å²) in [6.45, 7) is 5.43. The predicted molar refractivity (Wildman–Crippen MR) is 44.1 cm³/mol.